The van der Waals surface area contributed by atoms with Crippen LogP contribution in [0.5, 0.6) is 0 Å². The van der Waals surface area contributed by atoms with Gasteiger partial charge in [-0.2, -0.15) is 0 Å². The van der Waals surface area contributed by atoms with E-state index in [0.29, 0.717) is 17.8 Å². The van der Waals surface area contributed by atoms with Crippen LogP contribution in [-0.4, -0.2) is 45.5 Å². The summed E-state index contributed by atoms with van der Waals surface area (Å²) in [6, 6.07) is 13.2. The molecule has 0 saturated heterocycles. The van der Waals surface area contributed by atoms with Gasteiger partial charge in [-0.1, -0.05) is 68.0 Å². The molecule has 1 aromatic heterocycles. The van der Waals surface area contributed by atoms with Gasteiger partial charge in [0, 0.05) is 25.2 Å². The smallest absolute Gasteiger partial charge is 0.323 e. The minimum absolute atomic E-state index is 0.0551. The van der Waals surface area contributed by atoms with Gasteiger partial charge < -0.3 is 14.7 Å². The number of aliphatic carboxylic acids is 1. The maximum absolute atomic E-state index is 13.1. The number of fused-ring (bicyclic) bond motifs is 5. The van der Waals surface area contributed by atoms with Crippen molar-refractivity contribution < 1.29 is 24.2 Å². The Morgan fingerprint density at radius 1 is 0.978 bits per heavy atom. The Labute approximate surface area is 266 Å². The second kappa shape index (κ2) is 12.6. The van der Waals surface area contributed by atoms with Gasteiger partial charge in [-0.05, 0) is 96.8 Å². The van der Waals surface area contributed by atoms with Crippen LogP contribution in [0.15, 0.2) is 72.6 Å². The van der Waals surface area contributed by atoms with Crippen molar-refractivity contribution in [3.63, 3.8) is 0 Å². The first kappa shape index (κ1) is 31.3. The summed E-state index contributed by atoms with van der Waals surface area (Å²) >= 11 is 0. The molecule has 1 amide bonds. The molecule has 0 spiro atoms. The van der Waals surface area contributed by atoms with Crippen LogP contribution in [-0.2, 0) is 19.1 Å². The fraction of sp³-hybridized carbons (Fsp3) is 0.526. The van der Waals surface area contributed by atoms with Crippen LogP contribution in [0.4, 0.5) is 0 Å². The van der Waals surface area contributed by atoms with E-state index in [9.17, 15) is 19.5 Å². The van der Waals surface area contributed by atoms with E-state index in [4.69, 9.17) is 4.74 Å². The third kappa shape index (κ3) is 5.98. The first-order valence-corrected chi connectivity index (χ1v) is 16.7. The van der Waals surface area contributed by atoms with Gasteiger partial charge in [0.05, 0.1) is 12.5 Å². The molecule has 7 nitrogen and oxygen atoms in total. The maximum atomic E-state index is 13.1. The molecule has 2 aromatic rings. The van der Waals surface area contributed by atoms with Crippen LogP contribution in [0.2, 0.25) is 0 Å². The van der Waals surface area contributed by atoms with E-state index in [1.165, 1.54) is 34.5 Å². The fourth-order valence-corrected chi connectivity index (χ4v) is 9.36. The minimum Gasteiger partial charge on any atom is -0.480 e. The molecule has 1 heterocycles. The number of ether oxygens (including phenoxy) is 1. The monoisotopic (exact) mass is 610 g/mol. The predicted octanol–water partition coefficient (Wildman–Crippen LogP) is 7.40. The largest absolute Gasteiger partial charge is 0.480 e. The van der Waals surface area contributed by atoms with Gasteiger partial charge >= 0.3 is 11.9 Å². The van der Waals surface area contributed by atoms with Crippen LogP contribution in [0.25, 0.3) is 5.57 Å². The summed E-state index contributed by atoms with van der Waals surface area (Å²) in [6.45, 7) is 6.32. The predicted molar refractivity (Wildman–Crippen MR) is 173 cm³/mol. The summed E-state index contributed by atoms with van der Waals surface area (Å²) in [5, 5.41) is 9.43. The number of benzene rings is 1. The first-order chi connectivity index (χ1) is 21.6. The molecular weight excluding hydrogens is 564 g/mol. The molecule has 7 heteroatoms. The number of nitrogens with zero attached hydrogens (tertiary/aromatic N) is 2. The lowest BCUT2D eigenvalue weighted by molar-refractivity contribution is -0.153. The average molecular weight is 611 g/mol. The lowest BCUT2D eigenvalue weighted by Crippen LogP contribution is -2.50. The van der Waals surface area contributed by atoms with E-state index < -0.39 is 18.6 Å². The Morgan fingerprint density at radius 2 is 1.76 bits per heavy atom. The highest BCUT2D eigenvalue weighted by Gasteiger charge is 2.57. The summed E-state index contributed by atoms with van der Waals surface area (Å²) in [5.41, 5.74) is 5.36. The Bertz CT molecular complexity index is 1490. The van der Waals surface area contributed by atoms with Gasteiger partial charge in [0.15, 0.2) is 0 Å². The van der Waals surface area contributed by atoms with Gasteiger partial charge in [-0.3, -0.25) is 19.4 Å². The highest BCUT2D eigenvalue weighted by Crippen LogP contribution is 2.66. The van der Waals surface area contributed by atoms with Crippen molar-refractivity contribution >= 4 is 23.4 Å². The zero-order valence-electron chi connectivity index (χ0n) is 26.8. The third-order valence-electron chi connectivity index (χ3n) is 11.8. The maximum Gasteiger partial charge on any atom is 0.323 e. The highest BCUT2D eigenvalue weighted by molar-refractivity contribution is 5.84. The van der Waals surface area contributed by atoms with Crippen LogP contribution in [0.1, 0.15) is 95.7 Å². The van der Waals surface area contributed by atoms with E-state index in [0.717, 1.165) is 37.7 Å². The number of hydrogen-bond donors (Lipinski definition) is 1. The quantitative estimate of drug-likeness (QED) is 0.235. The number of carbonyl (C=O) groups excluding carboxylic acids is 2. The molecule has 0 aliphatic heterocycles. The normalized spacial score (nSPS) is 30.9. The summed E-state index contributed by atoms with van der Waals surface area (Å²) in [4.78, 5) is 43.3. The summed E-state index contributed by atoms with van der Waals surface area (Å²) in [6.07, 6.45) is 15.7. The fourth-order valence-electron chi connectivity index (χ4n) is 9.36. The molecule has 45 heavy (non-hydrogen) atoms. The number of carboxylic acid groups (broad SMARTS) is 1. The molecule has 0 radical (unpaired) electrons. The standard InChI is InChI=1S/C38H46N2O5/c1-25(26-8-5-4-6-9-26)40(24-35(42)43)34(41)15-16-36(44)45-29-17-19-37(2)28(22-29)11-12-30-32-14-13-31(27-10-7-21-39-23-27)38(32,3)20-18-33(30)37/h4-11,13,21,23,25,29-30,32-33H,12,14-20,22,24H2,1-3H3,(H,42,43)/t25?,29-,30?,32?,33-,37-,38+/m0/s1. The number of carbonyl (C=O) groups is 3. The van der Waals surface area contributed by atoms with E-state index in [2.05, 4.69) is 37.0 Å². The molecular formula is C38H46N2O5. The van der Waals surface area contributed by atoms with Crippen molar-refractivity contribution in [1.82, 2.24) is 9.88 Å². The Balaban J connectivity index is 1.06. The number of pyridine rings is 1. The van der Waals surface area contributed by atoms with Gasteiger partial charge in [0.1, 0.15) is 12.6 Å². The van der Waals surface area contributed by atoms with Gasteiger partial charge in [0.25, 0.3) is 0 Å². The Hall–Kier alpha value is -3.74. The van der Waals surface area contributed by atoms with Crippen LogP contribution in [0, 0.1) is 28.6 Å². The summed E-state index contributed by atoms with van der Waals surface area (Å²) in [7, 11) is 0. The second-order valence-electron chi connectivity index (χ2n) is 14.2. The molecule has 7 atom stereocenters. The Morgan fingerprint density at radius 3 is 2.49 bits per heavy atom. The zero-order valence-corrected chi connectivity index (χ0v) is 26.8. The molecule has 238 valence electrons. The highest BCUT2D eigenvalue weighted by atomic mass is 16.5. The number of rotatable bonds is 9. The number of carboxylic acids is 1. The second-order valence-corrected chi connectivity index (χ2v) is 14.2. The molecule has 1 N–H and O–H groups in total. The SMILES string of the molecule is CC(c1ccccc1)N(CC(=O)O)C(=O)CCC(=O)O[C@H]1CC[C@@]2(C)C(=CCC3C4CC=C(c5cccnc5)[C@@]4(C)CC[C@@H]32)C1. The van der Waals surface area contributed by atoms with E-state index in [-0.39, 0.29) is 41.7 Å². The van der Waals surface area contributed by atoms with E-state index in [1.807, 2.05) is 55.7 Å². The molecule has 1 aromatic carbocycles. The van der Waals surface area contributed by atoms with Crippen LogP contribution < -0.4 is 0 Å². The zero-order chi connectivity index (χ0) is 31.8. The van der Waals surface area contributed by atoms with E-state index in [1.54, 1.807) is 0 Å². The van der Waals surface area contributed by atoms with Crippen molar-refractivity contribution in [2.45, 2.75) is 90.7 Å². The Kier molecular flexibility index (Phi) is 8.73. The molecule has 4 aliphatic rings. The summed E-state index contributed by atoms with van der Waals surface area (Å²) in [5.74, 6) is 0.100. The topological polar surface area (TPSA) is 96.8 Å². The molecule has 2 fully saturated rings. The minimum atomic E-state index is -1.08. The molecule has 6 rings (SSSR count). The molecule has 4 aliphatic carbocycles. The van der Waals surface area contributed by atoms with Crippen LogP contribution >= 0.6 is 0 Å². The van der Waals surface area contributed by atoms with Gasteiger partial charge in [-0.25, -0.2) is 0 Å². The molecule has 2 saturated carbocycles. The first-order valence-electron chi connectivity index (χ1n) is 16.7. The van der Waals surface area contributed by atoms with Gasteiger partial charge in [-0.15, -0.1) is 0 Å². The van der Waals surface area contributed by atoms with E-state index >= 15 is 0 Å². The number of allylic oxidation sites excluding steroid dienone is 3. The molecule has 3 unspecified atom stereocenters. The van der Waals surface area contributed by atoms with Crippen molar-refractivity contribution in [3.05, 3.63) is 83.7 Å². The van der Waals surface area contributed by atoms with Crippen molar-refractivity contribution in [2.75, 3.05) is 6.54 Å². The molecule has 0 bridgehead atoms. The van der Waals surface area contributed by atoms with Gasteiger partial charge in [0.2, 0.25) is 5.91 Å². The lowest BCUT2D eigenvalue weighted by atomic mass is 9.47. The number of amides is 1. The number of hydrogen-bond acceptors (Lipinski definition) is 5. The average Bonchev–Trinajstić information content (AvgIpc) is 3.40. The van der Waals surface area contributed by atoms with Crippen LogP contribution in [0.3, 0.4) is 0 Å². The van der Waals surface area contributed by atoms with Crippen molar-refractivity contribution in [3.8, 4) is 0 Å². The summed E-state index contributed by atoms with van der Waals surface area (Å²) < 4.78 is 5.95. The number of esters is 1. The van der Waals surface area contributed by atoms with Crippen molar-refractivity contribution in [1.29, 1.82) is 0 Å². The number of aromatic nitrogens is 1. The van der Waals surface area contributed by atoms with Crippen molar-refractivity contribution in [2.24, 2.45) is 28.6 Å². The lowest BCUT2D eigenvalue weighted by Gasteiger charge is -2.57. The third-order valence-corrected chi connectivity index (χ3v) is 11.8.